The number of rotatable bonds is 3. The third-order valence-corrected chi connectivity index (χ3v) is 5.34. The van der Waals surface area contributed by atoms with E-state index >= 15 is 0 Å². The number of piperazine rings is 1. The van der Waals surface area contributed by atoms with Crippen LogP contribution in [0.5, 0.6) is 5.75 Å². The molecule has 1 fully saturated rings. The summed E-state index contributed by atoms with van der Waals surface area (Å²) in [4.78, 5) is 8.36. The van der Waals surface area contributed by atoms with Gasteiger partial charge >= 0.3 is 6.18 Å². The van der Waals surface area contributed by atoms with Gasteiger partial charge in [-0.05, 0) is 48.5 Å². The van der Waals surface area contributed by atoms with Gasteiger partial charge in [-0.1, -0.05) is 24.0 Å². The highest BCUT2D eigenvalue weighted by Gasteiger charge is 2.35. The molecule has 164 valence electrons. The van der Waals surface area contributed by atoms with Crippen LogP contribution in [0.25, 0.3) is 0 Å². The minimum Gasteiger partial charge on any atom is -0.497 e. The fourth-order valence-corrected chi connectivity index (χ4v) is 3.63. The number of pyridine rings is 1. The lowest BCUT2D eigenvalue weighted by Crippen LogP contribution is -2.47. The van der Waals surface area contributed by atoms with Crippen LogP contribution in [0.2, 0.25) is 0 Å². The zero-order valence-corrected chi connectivity index (χ0v) is 17.6. The van der Waals surface area contributed by atoms with Crippen molar-refractivity contribution in [3.8, 4) is 17.6 Å². The second kappa shape index (κ2) is 9.23. The normalized spacial score (nSPS) is 14.0. The zero-order valence-electron chi connectivity index (χ0n) is 17.6. The van der Waals surface area contributed by atoms with Gasteiger partial charge in [0.15, 0.2) is 0 Å². The summed E-state index contributed by atoms with van der Waals surface area (Å²) in [6.07, 6.45) is -2.64. The largest absolute Gasteiger partial charge is 0.497 e. The van der Waals surface area contributed by atoms with Crippen LogP contribution in [0.3, 0.4) is 0 Å². The molecule has 0 saturated carbocycles. The molecule has 1 aliphatic heterocycles. The van der Waals surface area contributed by atoms with E-state index in [0.29, 0.717) is 26.2 Å². The first-order valence-corrected chi connectivity index (χ1v) is 10.2. The van der Waals surface area contributed by atoms with Crippen LogP contribution < -0.4 is 14.5 Å². The van der Waals surface area contributed by atoms with Crippen LogP contribution in [0.1, 0.15) is 16.7 Å². The Hall–Kier alpha value is -3.66. The Kier molecular flexibility index (Phi) is 6.22. The van der Waals surface area contributed by atoms with Crippen molar-refractivity contribution in [2.45, 2.75) is 6.18 Å². The molecular formula is C25H22F3N3O. The lowest BCUT2D eigenvalue weighted by atomic mass is 10.1. The Morgan fingerprint density at radius 2 is 1.44 bits per heavy atom. The number of hydrogen-bond acceptors (Lipinski definition) is 4. The number of nitrogens with zero attached hydrogens (tertiary/aromatic N) is 3. The molecule has 4 rings (SSSR count). The fraction of sp³-hybridized carbons (Fsp3) is 0.240. The second-order valence-corrected chi connectivity index (χ2v) is 7.37. The first kappa shape index (κ1) is 21.6. The smallest absolute Gasteiger partial charge is 0.418 e. The number of ether oxygens (including phenoxy) is 1. The van der Waals surface area contributed by atoms with Gasteiger partial charge in [0.05, 0.1) is 12.7 Å². The average molecular weight is 437 g/mol. The van der Waals surface area contributed by atoms with Gasteiger partial charge in [-0.25, -0.2) is 4.98 Å². The number of benzene rings is 2. The van der Waals surface area contributed by atoms with E-state index in [-0.39, 0.29) is 5.69 Å². The van der Waals surface area contributed by atoms with Gasteiger partial charge in [0.2, 0.25) is 0 Å². The van der Waals surface area contributed by atoms with Gasteiger partial charge in [0.1, 0.15) is 11.6 Å². The maximum absolute atomic E-state index is 13.3. The Morgan fingerprint density at radius 3 is 2.06 bits per heavy atom. The van der Waals surface area contributed by atoms with E-state index in [1.165, 1.54) is 12.1 Å². The molecule has 7 heteroatoms. The van der Waals surface area contributed by atoms with E-state index in [9.17, 15) is 13.2 Å². The molecule has 32 heavy (non-hydrogen) atoms. The summed E-state index contributed by atoms with van der Waals surface area (Å²) < 4.78 is 45.1. The van der Waals surface area contributed by atoms with Crippen molar-refractivity contribution in [3.63, 3.8) is 0 Å². The predicted octanol–water partition coefficient (Wildman–Crippen LogP) is 4.84. The summed E-state index contributed by atoms with van der Waals surface area (Å²) >= 11 is 0. The third kappa shape index (κ3) is 4.97. The summed E-state index contributed by atoms with van der Waals surface area (Å²) in [5, 5.41) is 0. The molecule has 2 aromatic carbocycles. The van der Waals surface area contributed by atoms with Crippen molar-refractivity contribution in [1.29, 1.82) is 0 Å². The van der Waals surface area contributed by atoms with Crippen molar-refractivity contribution in [3.05, 3.63) is 83.6 Å². The quantitative estimate of drug-likeness (QED) is 0.549. The second-order valence-electron chi connectivity index (χ2n) is 7.37. The van der Waals surface area contributed by atoms with Crippen LogP contribution in [0, 0.1) is 11.8 Å². The monoisotopic (exact) mass is 437 g/mol. The summed E-state index contributed by atoms with van der Waals surface area (Å²) in [5.41, 5.74) is 1.32. The minimum atomic E-state index is -4.36. The first-order valence-electron chi connectivity index (χ1n) is 10.2. The maximum Gasteiger partial charge on any atom is 0.418 e. The topological polar surface area (TPSA) is 28.6 Å². The molecule has 4 nitrogen and oxygen atoms in total. The Labute approximate surface area is 185 Å². The van der Waals surface area contributed by atoms with E-state index in [0.717, 1.165) is 28.8 Å². The van der Waals surface area contributed by atoms with E-state index < -0.39 is 11.7 Å². The van der Waals surface area contributed by atoms with E-state index in [1.54, 1.807) is 24.3 Å². The zero-order chi connectivity index (χ0) is 22.6. The first-order chi connectivity index (χ1) is 15.4. The van der Waals surface area contributed by atoms with Crippen molar-refractivity contribution in [2.75, 3.05) is 43.1 Å². The average Bonchev–Trinajstić information content (AvgIpc) is 2.83. The predicted molar refractivity (Wildman–Crippen MR) is 119 cm³/mol. The minimum absolute atomic E-state index is 0.233. The van der Waals surface area contributed by atoms with Gasteiger partial charge in [-0.3, -0.25) is 0 Å². The molecule has 0 spiro atoms. The van der Waals surface area contributed by atoms with E-state index in [1.807, 2.05) is 36.4 Å². The number of halogens is 3. The summed E-state index contributed by atoms with van der Waals surface area (Å²) in [5.74, 6) is 7.76. The molecule has 0 bridgehead atoms. The fourth-order valence-electron chi connectivity index (χ4n) is 3.63. The number of hydrogen-bond donors (Lipinski definition) is 0. The Morgan fingerprint density at radius 1 is 0.812 bits per heavy atom. The van der Waals surface area contributed by atoms with Crippen LogP contribution in [0.15, 0.2) is 66.9 Å². The lowest BCUT2D eigenvalue weighted by molar-refractivity contribution is -0.137. The number of alkyl halides is 3. The Bertz CT molecular complexity index is 1110. The summed E-state index contributed by atoms with van der Waals surface area (Å²) in [6, 6.07) is 17.0. The van der Waals surface area contributed by atoms with Gasteiger partial charge in [0.25, 0.3) is 0 Å². The lowest BCUT2D eigenvalue weighted by Gasteiger charge is -2.37. The molecule has 0 amide bonds. The van der Waals surface area contributed by atoms with E-state index in [2.05, 4.69) is 21.7 Å². The molecule has 0 aliphatic carbocycles. The van der Waals surface area contributed by atoms with Gasteiger partial charge < -0.3 is 14.5 Å². The molecule has 1 aromatic heterocycles. The molecule has 1 aliphatic rings. The van der Waals surface area contributed by atoms with Crippen LogP contribution in [-0.4, -0.2) is 38.3 Å². The van der Waals surface area contributed by atoms with Crippen molar-refractivity contribution >= 4 is 11.5 Å². The van der Waals surface area contributed by atoms with Crippen LogP contribution in [0.4, 0.5) is 24.7 Å². The van der Waals surface area contributed by atoms with E-state index in [4.69, 9.17) is 4.74 Å². The number of methoxy groups -OCH3 is 1. The standard InChI is InChI=1S/C25H22F3N3O/c1-32-21-11-8-19(9-12-21)6-7-20-10-13-24(29-18-20)31-16-14-30(15-17-31)23-5-3-2-4-22(23)25(26,27)28/h2-5,8-13,18H,14-17H2,1H3. The summed E-state index contributed by atoms with van der Waals surface area (Å²) in [7, 11) is 1.62. The van der Waals surface area contributed by atoms with Crippen molar-refractivity contribution in [2.24, 2.45) is 0 Å². The molecule has 2 heterocycles. The van der Waals surface area contributed by atoms with Gasteiger partial charge in [-0.15, -0.1) is 0 Å². The highest BCUT2D eigenvalue weighted by Crippen LogP contribution is 2.36. The van der Waals surface area contributed by atoms with Gasteiger partial charge in [0, 0.05) is 49.2 Å². The number of anilines is 2. The molecule has 0 atom stereocenters. The van der Waals surface area contributed by atoms with Crippen LogP contribution in [-0.2, 0) is 6.18 Å². The molecule has 1 saturated heterocycles. The molecular weight excluding hydrogens is 415 g/mol. The van der Waals surface area contributed by atoms with Crippen LogP contribution >= 0.6 is 0 Å². The van der Waals surface area contributed by atoms with Crippen molar-refractivity contribution in [1.82, 2.24) is 4.98 Å². The molecule has 0 radical (unpaired) electrons. The van der Waals surface area contributed by atoms with Crippen molar-refractivity contribution < 1.29 is 17.9 Å². The highest BCUT2D eigenvalue weighted by molar-refractivity contribution is 5.56. The SMILES string of the molecule is COc1ccc(C#Cc2ccc(N3CCN(c4ccccc4C(F)(F)F)CC3)nc2)cc1. The van der Waals surface area contributed by atoms with Gasteiger partial charge in [-0.2, -0.15) is 13.2 Å². The molecule has 3 aromatic rings. The number of para-hydroxylation sites is 1. The summed E-state index contributed by atoms with van der Waals surface area (Å²) in [6.45, 7) is 2.17. The maximum atomic E-state index is 13.3. The molecule has 0 unspecified atom stereocenters. The Balaban J connectivity index is 1.39. The number of aromatic nitrogens is 1. The highest BCUT2D eigenvalue weighted by atomic mass is 19.4. The third-order valence-electron chi connectivity index (χ3n) is 5.34. The molecule has 0 N–H and O–H groups in total.